The minimum absolute atomic E-state index is 0.0193. The number of unbranched alkanes of at least 4 members (excludes halogenated alkanes) is 1. The summed E-state index contributed by atoms with van der Waals surface area (Å²) in [5.74, 6) is 0.867. The van der Waals surface area contributed by atoms with Crippen molar-refractivity contribution in [2.45, 2.75) is 31.1 Å². The fourth-order valence-electron chi connectivity index (χ4n) is 3.53. The lowest BCUT2D eigenvalue weighted by atomic mass is 10.2. The van der Waals surface area contributed by atoms with Gasteiger partial charge >= 0.3 is 0 Å². The molecule has 2 aromatic carbocycles. The number of amides is 1. The van der Waals surface area contributed by atoms with Gasteiger partial charge in [0.2, 0.25) is 15.9 Å². The van der Waals surface area contributed by atoms with Gasteiger partial charge in [-0.25, -0.2) is 8.42 Å². The van der Waals surface area contributed by atoms with Crippen molar-refractivity contribution in [3.63, 3.8) is 0 Å². The zero-order valence-electron chi connectivity index (χ0n) is 17.7. The van der Waals surface area contributed by atoms with E-state index in [0.717, 1.165) is 24.2 Å². The van der Waals surface area contributed by atoms with Crippen LogP contribution in [0.5, 0.6) is 5.75 Å². The van der Waals surface area contributed by atoms with E-state index in [4.69, 9.17) is 4.74 Å². The predicted molar refractivity (Wildman–Crippen MR) is 117 cm³/mol. The molecule has 8 heteroatoms. The first-order valence-electron chi connectivity index (χ1n) is 10.4. The highest BCUT2D eigenvalue weighted by atomic mass is 32.2. The molecule has 0 unspecified atom stereocenters. The number of rotatable bonds is 8. The summed E-state index contributed by atoms with van der Waals surface area (Å²) in [5.41, 5.74) is 1.28. The highest BCUT2D eigenvalue weighted by Crippen LogP contribution is 2.21. The zero-order valence-corrected chi connectivity index (χ0v) is 18.5. The van der Waals surface area contributed by atoms with Gasteiger partial charge in [-0.3, -0.25) is 4.79 Å². The van der Waals surface area contributed by atoms with E-state index in [0.29, 0.717) is 26.1 Å². The Kier molecular flexibility index (Phi) is 7.66. The molecule has 1 amide bonds. The van der Waals surface area contributed by atoms with Gasteiger partial charge in [-0.15, -0.1) is 0 Å². The Morgan fingerprint density at radius 1 is 1.06 bits per heavy atom. The third-order valence-corrected chi connectivity index (χ3v) is 7.22. The second kappa shape index (κ2) is 10.4. The molecule has 1 aliphatic heterocycles. The Labute approximate surface area is 183 Å². The molecule has 0 aliphatic carbocycles. The lowest BCUT2D eigenvalue weighted by Crippen LogP contribution is -2.50. The van der Waals surface area contributed by atoms with Crippen molar-refractivity contribution in [2.24, 2.45) is 0 Å². The van der Waals surface area contributed by atoms with E-state index in [1.54, 1.807) is 17.0 Å². The van der Waals surface area contributed by atoms with Crippen LogP contribution >= 0.6 is 0 Å². The van der Waals surface area contributed by atoms with Crippen LogP contribution in [0.4, 0.5) is 0 Å². The van der Waals surface area contributed by atoms with E-state index >= 15 is 0 Å². The van der Waals surface area contributed by atoms with E-state index < -0.39 is 10.0 Å². The van der Waals surface area contributed by atoms with Crippen molar-refractivity contribution < 1.29 is 17.9 Å². The van der Waals surface area contributed by atoms with Crippen LogP contribution in [0.15, 0.2) is 53.4 Å². The fourth-order valence-corrected chi connectivity index (χ4v) is 5.10. The maximum absolute atomic E-state index is 12.9. The molecule has 3 rings (SSSR count). The van der Waals surface area contributed by atoms with E-state index in [1.165, 1.54) is 16.4 Å². The highest BCUT2D eigenvalue weighted by Gasteiger charge is 2.31. The van der Waals surface area contributed by atoms with Crippen LogP contribution in [0.2, 0.25) is 0 Å². The first-order chi connectivity index (χ1) is 14.9. The summed E-state index contributed by atoms with van der Waals surface area (Å²) in [5, 5.41) is 9.20. The SMILES string of the molecule is Cc1cccc(OCCCCC(=O)N2CCN(S(=O)(=O)c3ccccc3C#N)CC2)c1. The van der Waals surface area contributed by atoms with Crippen molar-refractivity contribution in [1.82, 2.24) is 9.21 Å². The smallest absolute Gasteiger partial charge is 0.244 e. The van der Waals surface area contributed by atoms with Gasteiger partial charge in [-0.1, -0.05) is 24.3 Å². The molecule has 0 bridgehead atoms. The van der Waals surface area contributed by atoms with Crippen LogP contribution < -0.4 is 4.74 Å². The van der Waals surface area contributed by atoms with E-state index in [-0.39, 0.29) is 29.5 Å². The summed E-state index contributed by atoms with van der Waals surface area (Å²) >= 11 is 0. The van der Waals surface area contributed by atoms with Crippen LogP contribution in [-0.4, -0.2) is 56.3 Å². The summed E-state index contributed by atoms with van der Waals surface area (Å²) in [6, 6.07) is 16.0. The van der Waals surface area contributed by atoms with Gasteiger partial charge in [-0.2, -0.15) is 9.57 Å². The molecule has 1 fully saturated rings. The molecule has 1 heterocycles. The maximum atomic E-state index is 12.9. The van der Waals surface area contributed by atoms with Crippen LogP contribution in [0.25, 0.3) is 0 Å². The normalized spacial score (nSPS) is 14.8. The van der Waals surface area contributed by atoms with Gasteiger partial charge in [0.05, 0.1) is 17.1 Å². The molecule has 31 heavy (non-hydrogen) atoms. The van der Waals surface area contributed by atoms with Crippen LogP contribution in [-0.2, 0) is 14.8 Å². The molecule has 0 atom stereocenters. The number of aryl methyl sites for hydroxylation is 1. The van der Waals surface area contributed by atoms with Crippen LogP contribution in [0.1, 0.15) is 30.4 Å². The Balaban J connectivity index is 1.43. The minimum atomic E-state index is -3.75. The van der Waals surface area contributed by atoms with Crippen molar-refractivity contribution in [3.05, 3.63) is 59.7 Å². The number of ether oxygens (including phenoxy) is 1. The molecule has 1 aliphatic rings. The standard InChI is InChI=1S/C23H27N3O4S/c1-19-7-6-9-21(17-19)30-16-5-4-11-23(27)25-12-14-26(15-13-25)31(28,29)22-10-3-2-8-20(22)18-24/h2-3,6-10,17H,4-5,11-16H2,1H3. The van der Waals surface area contributed by atoms with Gasteiger partial charge < -0.3 is 9.64 Å². The second-order valence-electron chi connectivity index (χ2n) is 7.51. The maximum Gasteiger partial charge on any atom is 0.244 e. The van der Waals surface area contributed by atoms with E-state index in [1.807, 2.05) is 37.3 Å². The summed E-state index contributed by atoms with van der Waals surface area (Å²) < 4.78 is 32.8. The molecule has 0 aromatic heterocycles. The zero-order chi connectivity index (χ0) is 22.3. The number of nitriles is 1. The average molecular weight is 442 g/mol. The summed E-state index contributed by atoms with van der Waals surface area (Å²) in [7, 11) is -3.75. The molecular formula is C23H27N3O4S. The molecule has 0 spiro atoms. The van der Waals surface area contributed by atoms with Crippen molar-refractivity contribution in [1.29, 1.82) is 5.26 Å². The molecular weight excluding hydrogens is 414 g/mol. The molecule has 7 nitrogen and oxygen atoms in total. The summed E-state index contributed by atoms with van der Waals surface area (Å²) in [6.07, 6.45) is 1.92. The van der Waals surface area contributed by atoms with E-state index in [2.05, 4.69) is 0 Å². The van der Waals surface area contributed by atoms with Crippen molar-refractivity contribution >= 4 is 15.9 Å². The Bertz CT molecular complexity index is 1050. The quantitative estimate of drug-likeness (QED) is 0.588. The second-order valence-corrected chi connectivity index (χ2v) is 9.42. The van der Waals surface area contributed by atoms with Crippen molar-refractivity contribution in [2.75, 3.05) is 32.8 Å². The number of piperazine rings is 1. The molecule has 0 radical (unpaired) electrons. The summed E-state index contributed by atoms with van der Waals surface area (Å²) in [4.78, 5) is 14.2. The van der Waals surface area contributed by atoms with Crippen LogP contribution in [0.3, 0.4) is 0 Å². The third kappa shape index (κ3) is 5.84. The summed E-state index contributed by atoms with van der Waals surface area (Å²) in [6.45, 7) is 3.73. The molecule has 164 valence electrons. The van der Waals surface area contributed by atoms with E-state index in [9.17, 15) is 18.5 Å². The van der Waals surface area contributed by atoms with Gasteiger partial charge in [0, 0.05) is 32.6 Å². The number of hydrogen-bond donors (Lipinski definition) is 0. The predicted octanol–water partition coefficient (Wildman–Crippen LogP) is 2.95. The monoisotopic (exact) mass is 441 g/mol. The van der Waals surface area contributed by atoms with Gasteiger partial charge in [0.15, 0.2) is 0 Å². The molecule has 0 N–H and O–H groups in total. The number of carbonyl (C=O) groups excluding carboxylic acids is 1. The average Bonchev–Trinajstić information content (AvgIpc) is 2.78. The molecule has 0 saturated carbocycles. The third-order valence-electron chi connectivity index (χ3n) is 5.26. The van der Waals surface area contributed by atoms with Gasteiger partial charge in [0.1, 0.15) is 11.8 Å². The molecule has 1 saturated heterocycles. The first kappa shape index (κ1) is 22.8. The Morgan fingerprint density at radius 3 is 2.52 bits per heavy atom. The minimum Gasteiger partial charge on any atom is -0.494 e. The lowest BCUT2D eigenvalue weighted by Gasteiger charge is -2.34. The highest BCUT2D eigenvalue weighted by molar-refractivity contribution is 7.89. The number of benzene rings is 2. The fraction of sp³-hybridized carbons (Fsp3) is 0.391. The lowest BCUT2D eigenvalue weighted by molar-refractivity contribution is -0.132. The first-order valence-corrected chi connectivity index (χ1v) is 11.8. The number of carbonyl (C=O) groups is 1. The largest absolute Gasteiger partial charge is 0.494 e. The topological polar surface area (TPSA) is 90.7 Å². The Hall–Kier alpha value is -2.89. The van der Waals surface area contributed by atoms with Crippen molar-refractivity contribution in [3.8, 4) is 11.8 Å². The van der Waals surface area contributed by atoms with Crippen LogP contribution in [0, 0.1) is 18.3 Å². The number of sulfonamides is 1. The Morgan fingerprint density at radius 2 is 1.81 bits per heavy atom. The number of nitrogens with zero attached hydrogens (tertiary/aromatic N) is 3. The van der Waals surface area contributed by atoms with Gasteiger partial charge in [-0.05, 0) is 49.6 Å². The number of hydrogen-bond acceptors (Lipinski definition) is 5. The molecule has 2 aromatic rings. The van der Waals surface area contributed by atoms with Gasteiger partial charge in [0.25, 0.3) is 0 Å².